The molecular formula is C15H23BrN2O. The molecule has 0 bridgehead atoms. The molecule has 1 rings (SSSR count). The maximum Gasteiger partial charge on any atom is 0.251 e. The fourth-order valence-electron chi connectivity index (χ4n) is 1.90. The summed E-state index contributed by atoms with van der Waals surface area (Å²) in [5.74, 6) is 0.401. The van der Waals surface area contributed by atoms with E-state index in [9.17, 15) is 4.79 Å². The first-order valence-corrected chi connectivity index (χ1v) is 7.32. The normalized spacial score (nSPS) is 12.8. The lowest BCUT2D eigenvalue weighted by Crippen LogP contribution is -2.45. The van der Waals surface area contributed by atoms with Crippen molar-refractivity contribution in [1.29, 1.82) is 0 Å². The number of rotatable bonds is 5. The van der Waals surface area contributed by atoms with Crippen LogP contribution in [0.25, 0.3) is 0 Å². The highest BCUT2D eigenvalue weighted by Gasteiger charge is 2.19. The number of amides is 1. The van der Waals surface area contributed by atoms with Crippen molar-refractivity contribution in [2.45, 2.75) is 26.8 Å². The van der Waals surface area contributed by atoms with Crippen molar-refractivity contribution in [2.75, 3.05) is 20.6 Å². The second kappa shape index (κ2) is 7.06. The number of benzene rings is 1. The van der Waals surface area contributed by atoms with Gasteiger partial charge in [-0.25, -0.2) is 0 Å². The quantitative estimate of drug-likeness (QED) is 0.901. The summed E-state index contributed by atoms with van der Waals surface area (Å²) in [4.78, 5) is 14.5. The molecule has 0 aliphatic rings. The Morgan fingerprint density at radius 1 is 1.37 bits per heavy atom. The molecule has 0 fully saturated rings. The van der Waals surface area contributed by atoms with Gasteiger partial charge in [0.05, 0.1) is 0 Å². The van der Waals surface area contributed by atoms with E-state index in [1.165, 1.54) is 0 Å². The second-order valence-electron chi connectivity index (χ2n) is 5.55. The van der Waals surface area contributed by atoms with Crippen molar-refractivity contribution in [2.24, 2.45) is 5.92 Å². The average molecular weight is 327 g/mol. The van der Waals surface area contributed by atoms with Crippen LogP contribution in [0.15, 0.2) is 22.7 Å². The third kappa shape index (κ3) is 4.96. The van der Waals surface area contributed by atoms with E-state index in [0.29, 0.717) is 5.92 Å². The number of aryl methyl sites for hydroxylation is 1. The van der Waals surface area contributed by atoms with Crippen LogP contribution >= 0.6 is 15.9 Å². The van der Waals surface area contributed by atoms with Gasteiger partial charge in [-0.2, -0.15) is 0 Å². The van der Waals surface area contributed by atoms with Gasteiger partial charge in [0.1, 0.15) is 0 Å². The van der Waals surface area contributed by atoms with Crippen molar-refractivity contribution < 1.29 is 4.79 Å². The molecule has 0 radical (unpaired) electrons. The molecule has 1 N–H and O–H groups in total. The predicted octanol–water partition coefficient (Wildman–Crippen LogP) is 3.07. The van der Waals surface area contributed by atoms with Crippen LogP contribution in [0.2, 0.25) is 0 Å². The van der Waals surface area contributed by atoms with E-state index in [-0.39, 0.29) is 11.9 Å². The molecule has 0 spiro atoms. The highest BCUT2D eigenvalue weighted by atomic mass is 79.9. The van der Waals surface area contributed by atoms with Crippen LogP contribution in [0.1, 0.15) is 29.8 Å². The van der Waals surface area contributed by atoms with Crippen molar-refractivity contribution in [3.63, 3.8) is 0 Å². The Kier molecular flexibility index (Phi) is 6.01. The molecule has 1 atom stereocenters. The number of nitrogens with one attached hydrogen (secondary N) is 1. The number of halogens is 1. The molecule has 4 heteroatoms. The fraction of sp³-hybridized carbons (Fsp3) is 0.533. The maximum absolute atomic E-state index is 12.4. The summed E-state index contributed by atoms with van der Waals surface area (Å²) in [6.45, 7) is 7.05. The van der Waals surface area contributed by atoms with Gasteiger partial charge >= 0.3 is 0 Å². The zero-order valence-corrected chi connectivity index (χ0v) is 13.9. The summed E-state index contributed by atoms with van der Waals surface area (Å²) in [6.07, 6.45) is 0. The minimum absolute atomic E-state index is 0.000602. The van der Waals surface area contributed by atoms with Gasteiger partial charge in [0.25, 0.3) is 5.91 Å². The molecule has 1 unspecified atom stereocenters. The minimum Gasteiger partial charge on any atom is -0.348 e. The summed E-state index contributed by atoms with van der Waals surface area (Å²) in [6, 6.07) is 5.93. The molecule has 1 aromatic carbocycles. The van der Waals surface area contributed by atoms with Crippen LogP contribution in [-0.4, -0.2) is 37.5 Å². The smallest absolute Gasteiger partial charge is 0.251 e. The molecule has 0 saturated carbocycles. The van der Waals surface area contributed by atoms with Gasteiger partial charge in [-0.15, -0.1) is 0 Å². The van der Waals surface area contributed by atoms with Crippen molar-refractivity contribution in [3.8, 4) is 0 Å². The Labute approximate surface area is 124 Å². The van der Waals surface area contributed by atoms with Crippen molar-refractivity contribution in [3.05, 3.63) is 33.8 Å². The SMILES string of the molecule is Cc1ccc(Br)cc1C(=O)NC(CN(C)C)C(C)C. The second-order valence-corrected chi connectivity index (χ2v) is 6.46. The first kappa shape index (κ1) is 16.2. The topological polar surface area (TPSA) is 32.3 Å². The third-order valence-electron chi connectivity index (χ3n) is 3.13. The van der Waals surface area contributed by atoms with Crippen LogP contribution < -0.4 is 5.32 Å². The number of carbonyl (C=O) groups excluding carboxylic acids is 1. The molecule has 1 amide bonds. The lowest BCUT2D eigenvalue weighted by Gasteiger charge is -2.26. The van der Waals surface area contributed by atoms with Gasteiger partial charge in [0.15, 0.2) is 0 Å². The van der Waals surface area contributed by atoms with Gasteiger partial charge < -0.3 is 10.2 Å². The van der Waals surface area contributed by atoms with E-state index >= 15 is 0 Å². The minimum atomic E-state index is -0.000602. The first-order valence-electron chi connectivity index (χ1n) is 6.53. The summed E-state index contributed by atoms with van der Waals surface area (Å²) in [5.41, 5.74) is 1.73. The Morgan fingerprint density at radius 2 is 2.00 bits per heavy atom. The Hall–Kier alpha value is -0.870. The first-order chi connectivity index (χ1) is 8.81. The molecule has 1 aromatic rings. The standard InChI is InChI=1S/C15H23BrN2O/c1-10(2)14(9-18(4)5)17-15(19)13-8-12(16)7-6-11(13)3/h6-8,10,14H,9H2,1-5H3,(H,17,19). The zero-order chi connectivity index (χ0) is 14.6. The van der Waals surface area contributed by atoms with E-state index in [2.05, 4.69) is 40.0 Å². The lowest BCUT2D eigenvalue weighted by molar-refractivity contribution is 0.0916. The Balaban J connectivity index is 2.84. The Bertz CT molecular complexity index is 444. The van der Waals surface area contributed by atoms with Gasteiger partial charge in [-0.05, 0) is 44.6 Å². The van der Waals surface area contributed by atoms with Gasteiger partial charge in [-0.3, -0.25) is 4.79 Å². The predicted molar refractivity (Wildman–Crippen MR) is 83.5 cm³/mol. The average Bonchev–Trinajstić information content (AvgIpc) is 2.30. The van der Waals surface area contributed by atoms with E-state index in [4.69, 9.17) is 0 Å². The molecule has 0 aromatic heterocycles. The summed E-state index contributed by atoms with van der Waals surface area (Å²) < 4.78 is 0.928. The van der Waals surface area contributed by atoms with Gasteiger partial charge in [0.2, 0.25) is 0 Å². The molecule has 19 heavy (non-hydrogen) atoms. The highest BCUT2D eigenvalue weighted by molar-refractivity contribution is 9.10. The van der Waals surface area contributed by atoms with Gasteiger partial charge in [0, 0.05) is 22.6 Å². The molecule has 0 aliphatic carbocycles. The van der Waals surface area contributed by atoms with E-state index in [1.807, 2.05) is 39.2 Å². The fourth-order valence-corrected chi connectivity index (χ4v) is 2.26. The molecule has 0 saturated heterocycles. The zero-order valence-electron chi connectivity index (χ0n) is 12.3. The summed E-state index contributed by atoms with van der Waals surface area (Å²) in [7, 11) is 4.04. The van der Waals surface area contributed by atoms with Crippen molar-refractivity contribution >= 4 is 21.8 Å². The van der Waals surface area contributed by atoms with E-state index in [1.54, 1.807) is 0 Å². The molecule has 0 aliphatic heterocycles. The van der Waals surface area contributed by atoms with Crippen molar-refractivity contribution in [1.82, 2.24) is 10.2 Å². The van der Waals surface area contributed by atoms with E-state index in [0.717, 1.165) is 22.1 Å². The van der Waals surface area contributed by atoms with Crippen LogP contribution in [0.5, 0.6) is 0 Å². The van der Waals surface area contributed by atoms with E-state index < -0.39 is 0 Å². The van der Waals surface area contributed by atoms with Gasteiger partial charge in [-0.1, -0.05) is 35.8 Å². The number of likely N-dealkylation sites (N-methyl/N-ethyl adjacent to an activating group) is 1. The van der Waals surface area contributed by atoms with Crippen LogP contribution in [0.4, 0.5) is 0 Å². The summed E-state index contributed by atoms with van der Waals surface area (Å²) >= 11 is 3.41. The Morgan fingerprint density at radius 3 is 2.53 bits per heavy atom. The number of carbonyl (C=O) groups is 1. The molecule has 0 heterocycles. The highest BCUT2D eigenvalue weighted by Crippen LogP contribution is 2.16. The summed E-state index contributed by atoms with van der Waals surface area (Å²) in [5, 5.41) is 3.13. The maximum atomic E-state index is 12.4. The van der Waals surface area contributed by atoms with Crippen LogP contribution in [0, 0.1) is 12.8 Å². The molecule has 3 nitrogen and oxygen atoms in total. The third-order valence-corrected chi connectivity index (χ3v) is 3.62. The number of hydrogen-bond donors (Lipinski definition) is 1. The largest absolute Gasteiger partial charge is 0.348 e. The molecule has 106 valence electrons. The lowest BCUT2D eigenvalue weighted by atomic mass is 10.0. The number of hydrogen-bond acceptors (Lipinski definition) is 2. The van der Waals surface area contributed by atoms with Crippen LogP contribution in [-0.2, 0) is 0 Å². The number of nitrogens with zero attached hydrogens (tertiary/aromatic N) is 1. The van der Waals surface area contributed by atoms with Crippen LogP contribution in [0.3, 0.4) is 0 Å². The monoisotopic (exact) mass is 326 g/mol. The molecular weight excluding hydrogens is 304 g/mol.